The number of fused-ring (bicyclic) bond motifs is 1. The number of halogens is 1. The molecule has 4 aromatic rings. The van der Waals surface area contributed by atoms with E-state index in [1.54, 1.807) is 6.07 Å². The van der Waals surface area contributed by atoms with Gasteiger partial charge in [-0.25, -0.2) is 4.98 Å². The first-order chi connectivity index (χ1) is 15.0. The Balaban J connectivity index is 1.52. The van der Waals surface area contributed by atoms with E-state index in [0.29, 0.717) is 39.7 Å². The Morgan fingerprint density at radius 3 is 2.48 bits per heavy atom. The summed E-state index contributed by atoms with van der Waals surface area (Å²) in [7, 11) is 0. The molecule has 6 heteroatoms. The van der Waals surface area contributed by atoms with Crippen molar-refractivity contribution >= 4 is 28.7 Å². The van der Waals surface area contributed by atoms with Gasteiger partial charge in [0.15, 0.2) is 5.78 Å². The van der Waals surface area contributed by atoms with Gasteiger partial charge in [0.25, 0.3) is 5.56 Å². The number of aromatic amines is 1. The second-order valence-electron chi connectivity index (χ2n) is 7.77. The van der Waals surface area contributed by atoms with Crippen molar-refractivity contribution in [3.05, 3.63) is 97.7 Å². The minimum Gasteiger partial charge on any atom is -0.325 e. The Morgan fingerprint density at radius 1 is 1.00 bits per heavy atom. The number of aryl methyl sites for hydroxylation is 1. The molecule has 1 N–H and O–H groups in total. The number of nitrogens with zero attached hydrogens (tertiary/aromatic N) is 1. The first-order valence-electron chi connectivity index (χ1n) is 10.1. The summed E-state index contributed by atoms with van der Waals surface area (Å²) in [4.78, 5) is 34.6. The third-order valence-electron chi connectivity index (χ3n) is 5.72. The highest BCUT2D eigenvalue weighted by Crippen LogP contribution is 2.35. The molecule has 5 rings (SSSR count). The summed E-state index contributed by atoms with van der Waals surface area (Å²) >= 11 is 7.45. The van der Waals surface area contributed by atoms with Gasteiger partial charge in [-0.1, -0.05) is 54.1 Å². The molecule has 0 radical (unpaired) electrons. The van der Waals surface area contributed by atoms with Crippen molar-refractivity contribution in [2.24, 2.45) is 0 Å². The highest BCUT2D eigenvalue weighted by atomic mass is 35.5. The normalized spacial score (nSPS) is 15.7. The number of nitrogens with one attached hydrogen (secondary N) is 1. The summed E-state index contributed by atoms with van der Waals surface area (Å²) in [5.41, 5.74) is 4.43. The van der Waals surface area contributed by atoms with Gasteiger partial charge < -0.3 is 4.98 Å². The molecule has 31 heavy (non-hydrogen) atoms. The number of hydrogen-bond donors (Lipinski definition) is 1. The molecule has 0 aliphatic heterocycles. The van der Waals surface area contributed by atoms with Crippen LogP contribution in [0.3, 0.4) is 0 Å². The largest absolute Gasteiger partial charge is 0.325 e. The van der Waals surface area contributed by atoms with E-state index in [0.717, 1.165) is 21.7 Å². The Kier molecular flexibility index (Phi) is 5.08. The second kappa shape index (κ2) is 7.91. The highest BCUT2D eigenvalue weighted by molar-refractivity contribution is 7.15. The molecule has 4 nitrogen and oxygen atoms in total. The number of rotatable bonds is 3. The van der Waals surface area contributed by atoms with E-state index < -0.39 is 0 Å². The molecular formula is C25H19ClN2O2S. The fourth-order valence-corrected chi connectivity index (χ4v) is 5.21. The number of benzene rings is 2. The molecule has 1 aliphatic carbocycles. The third kappa shape index (κ3) is 3.75. The van der Waals surface area contributed by atoms with Crippen molar-refractivity contribution in [1.82, 2.24) is 9.97 Å². The van der Waals surface area contributed by atoms with Crippen LogP contribution in [0.15, 0.2) is 65.5 Å². The summed E-state index contributed by atoms with van der Waals surface area (Å²) in [5, 5.41) is 1.28. The molecule has 2 heterocycles. The first kappa shape index (κ1) is 19.9. The van der Waals surface area contributed by atoms with Gasteiger partial charge in [0.2, 0.25) is 0 Å². The molecule has 0 saturated heterocycles. The lowest BCUT2D eigenvalue weighted by Gasteiger charge is -2.24. The van der Waals surface area contributed by atoms with Crippen molar-refractivity contribution in [3.63, 3.8) is 0 Å². The number of Topliss-reactive ketones (excluding diaryl/α,β-unsaturated/α-hetero) is 1. The summed E-state index contributed by atoms with van der Waals surface area (Å²) in [6, 6.07) is 19.2. The summed E-state index contributed by atoms with van der Waals surface area (Å²) in [5.74, 6) is 0.139. The number of ketones is 1. The van der Waals surface area contributed by atoms with Crippen molar-refractivity contribution in [1.29, 1.82) is 0 Å². The van der Waals surface area contributed by atoms with Crippen molar-refractivity contribution in [2.75, 3.05) is 0 Å². The fraction of sp³-hybridized carbons (Fsp3) is 0.160. The SMILES string of the molecule is Cc1sc(-c2cc3c([nH]c2=O)C[C@@H](c2ccccc2)CC3=O)nc1-c1ccc(Cl)cc1. The quantitative estimate of drug-likeness (QED) is 0.417. The maximum absolute atomic E-state index is 12.9. The van der Waals surface area contributed by atoms with E-state index in [2.05, 4.69) is 4.98 Å². The molecule has 0 spiro atoms. The van der Waals surface area contributed by atoms with Gasteiger partial charge in [0, 0.05) is 33.1 Å². The summed E-state index contributed by atoms with van der Waals surface area (Å²) in [6.07, 6.45) is 1.09. The molecule has 2 aromatic heterocycles. The zero-order valence-electron chi connectivity index (χ0n) is 16.8. The molecule has 0 bridgehead atoms. The van der Waals surface area contributed by atoms with Crippen LogP contribution < -0.4 is 5.56 Å². The summed E-state index contributed by atoms with van der Waals surface area (Å²) < 4.78 is 0. The predicted octanol–water partition coefficient (Wildman–Crippen LogP) is 6.04. The van der Waals surface area contributed by atoms with E-state index in [-0.39, 0.29) is 17.3 Å². The second-order valence-corrected chi connectivity index (χ2v) is 9.41. The number of carbonyl (C=O) groups excluding carboxylic acids is 1. The molecule has 0 fully saturated rings. The number of aromatic nitrogens is 2. The minimum atomic E-state index is -0.211. The number of carbonyl (C=O) groups is 1. The van der Waals surface area contributed by atoms with Crippen molar-refractivity contribution in [3.8, 4) is 21.8 Å². The van der Waals surface area contributed by atoms with Crippen molar-refractivity contribution < 1.29 is 4.79 Å². The molecule has 0 unspecified atom stereocenters. The maximum atomic E-state index is 12.9. The van der Waals surface area contributed by atoms with E-state index in [1.165, 1.54) is 11.3 Å². The van der Waals surface area contributed by atoms with Crippen molar-refractivity contribution in [2.45, 2.75) is 25.7 Å². The number of H-pyrrole nitrogens is 1. The Labute approximate surface area is 188 Å². The highest BCUT2D eigenvalue weighted by Gasteiger charge is 2.28. The van der Waals surface area contributed by atoms with Gasteiger partial charge in [0.05, 0.1) is 11.3 Å². The topological polar surface area (TPSA) is 62.8 Å². The average molecular weight is 447 g/mol. The molecule has 0 saturated carbocycles. The summed E-state index contributed by atoms with van der Waals surface area (Å²) in [6.45, 7) is 1.98. The van der Waals surface area contributed by atoms with E-state index >= 15 is 0 Å². The molecule has 0 amide bonds. The van der Waals surface area contributed by atoms with Crippen LogP contribution in [0.25, 0.3) is 21.8 Å². The van der Waals surface area contributed by atoms with Gasteiger partial charge in [0.1, 0.15) is 5.01 Å². The van der Waals surface area contributed by atoms with Crippen LogP contribution >= 0.6 is 22.9 Å². The van der Waals surface area contributed by atoms with Crippen LogP contribution in [0.4, 0.5) is 0 Å². The van der Waals surface area contributed by atoms with Crippen LogP contribution in [0.2, 0.25) is 5.02 Å². The van der Waals surface area contributed by atoms with E-state index in [4.69, 9.17) is 16.6 Å². The lowest BCUT2D eigenvalue weighted by Crippen LogP contribution is -2.24. The smallest absolute Gasteiger partial charge is 0.258 e. The van der Waals surface area contributed by atoms with Crippen LogP contribution in [0, 0.1) is 6.92 Å². The standard InChI is InChI=1S/C25H19ClN2O2S/c1-14-23(16-7-9-18(26)10-8-16)28-25(31-14)20-13-19-21(27-24(20)30)11-17(12-22(19)29)15-5-3-2-4-6-15/h2-10,13,17H,11-12H2,1H3,(H,27,30)/t17-/m1/s1. The molecule has 154 valence electrons. The van der Waals surface area contributed by atoms with Crippen LogP contribution in [0.5, 0.6) is 0 Å². The first-order valence-corrected chi connectivity index (χ1v) is 11.3. The van der Waals surface area contributed by atoms with Gasteiger partial charge >= 0.3 is 0 Å². The van der Waals surface area contributed by atoms with Gasteiger partial charge in [-0.2, -0.15) is 0 Å². The van der Waals surface area contributed by atoms with E-state index in [9.17, 15) is 9.59 Å². The molecule has 1 aliphatic rings. The van der Waals surface area contributed by atoms with Gasteiger partial charge in [-0.3, -0.25) is 9.59 Å². The maximum Gasteiger partial charge on any atom is 0.258 e. The number of pyridine rings is 1. The van der Waals surface area contributed by atoms with Gasteiger partial charge in [-0.15, -0.1) is 11.3 Å². The predicted molar refractivity (Wildman–Crippen MR) is 125 cm³/mol. The van der Waals surface area contributed by atoms with Crippen LogP contribution in [0.1, 0.15) is 38.8 Å². The number of hydrogen-bond acceptors (Lipinski definition) is 4. The minimum absolute atomic E-state index is 0.0544. The molecular weight excluding hydrogens is 428 g/mol. The Bertz CT molecular complexity index is 1340. The number of thiazole rings is 1. The Morgan fingerprint density at radius 2 is 1.74 bits per heavy atom. The van der Waals surface area contributed by atoms with E-state index in [1.807, 2.05) is 61.5 Å². The van der Waals surface area contributed by atoms with Crippen LogP contribution in [-0.2, 0) is 6.42 Å². The molecule has 2 aromatic carbocycles. The fourth-order valence-electron chi connectivity index (χ4n) is 4.14. The lowest BCUT2D eigenvalue weighted by molar-refractivity contribution is 0.0963. The average Bonchev–Trinajstić information content (AvgIpc) is 3.15. The molecule has 1 atom stereocenters. The Hall–Kier alpha value is -3.02. The third-order valence-corrected chi connectivity index (χ3v) is 6.98. The van der Waals surface area contributed by atoms with Crippen LogP contribution in [-0.4, -0.2) is 15.8 Å². The lowest BCUT2D eigenvalue weighted by atomic mass is 9.81. The zero-order valence-corrected chi connectivity index (χ0v) is 18.4. The monoisotopic (exact) mass is 446 g/mol. The zero-order chi connectivity index (χ0) is 21.5. The van der Waals surface area contributed by atoms with Gasteiger partial charge in [-0.05, 0) is 43.0 Å².